The monoisotopic (exact) mass is 482 g/mol. The minimum Gasteiger partial charge on any atom is -0.462 e. The summed E-state index contributed by atoms with van der Waals surface area (Å²) in [6.45, 7) is 25.7. The highest BCUT2D eigenvalue weighted by atomic mass is 16.5. The molecule has 0 saturated heterocycles. The van der Waals surface area contributed by atoms with Gasteiger partial charge in [-0.1, -0.05) is 78.7 Å². The fourth-order valence-corrected chi connectivity index (χ4v) is 9.93. The molecular weight excluding hydrogens is 428 g/mol. The lowest BCUT2D eigenvalue weighted by atomic mass is 9.43. The van der Waals surface area contributed by atoms with E-state index in [-0.39, 0.29) is 22.9 Å². The average Bonchev–Trinajstić information content (AvgIpc) is 3.05. The lowest BCUT2D eigenvalue weighted by molar-refractivity contribution is -0.167. The molecule has 0 amide bonds. The first-order valence-corrected chi connectivity index (χ1v) is 14.8. The van der Waals surface area contributed by atoms with E-state index in [1.165, 1.54) is 63.4 Å². The zero-order chi connectivity index (χ0) is 26.0. The molecule has 0 heterocycles. The maximum absolute atomic E-state index is 11.8. The average molecular weight is 483 g/mol. The second-order valence-electron chi connectivity index (χ2n) is 14.6. The van der Waals surface area contributed by atoms with Crippen LogP contribution in [0.5, 0.6) is 0 Å². The normalized spacial score (nSPS) is 41.1. The standard InChI is InChI=1S/C33H54O2/c1-21(2)22(3)11-12-23(4)25-15-19-33(10)27-13-14-28-30(6,7)29(35-24(5)34)17-18-31(28,8)26(27)16-20-32(25,33)9/h21,23,25,28-29H,3,11-20H2,1-2,4-10H3/t23?,25-,28?,29+,31-,32-,33?/m1/s1. The fourth-order valence-electron chi connectivity index (χ4n) is 9.93. The van der Waals surface area contributed by atoms with Crippen LogP contribution in [0.4, 0.5) is 0 Å². The van der Waals surface area contributed by atoms with Crippen LogP contribution in [0.1, 0.15) is 127 Å². The Bertz CT molecular complexity index is 893. The molecule has 4 aliphatic rings. The van der Waals surface area contributed by atoms with E-state index >= 15 is 0 Å². The van der Waals surface area contributed by atoms with Gasteiger partial charge in [-0.3, -0.25) is 4.79 Å². The van der Waals surface area contributed by atoms with E-state index < -0.39 is 0 Å². The Labute approximate surface area is 216 Å². The molecule has 3 unspecified atom stereocenters. The lowest BCUT2D eigenvalue weighted by Crippen LogP contribution is -2.55. The minimum absolute atomic E-state index is 0.0321. The van der Waals surface area contributed by atoms with Crippen molar-refractivity contribution in [2.45, 2.75) is 133 Å². The summed E-state index contributed by atoms with van der Waals surface area (Å²) >= 11 is 0. The van der Waals surface area contributed by atoms with Crippen molar-refractivity contribution in [1.82, 2.24) is 0 Å². The summed E-state index contributed by atoms with van der Waals surface area (Å²) in [7, 11) is 0. The molecule has 0 spiro atoms. The SMILES string of the molecule is C=C(CCC(C)[C@H]1CCC2(C)C3=C(CC[C@]12C)[C@@]1(C)CC[C@H](OC(C)=O)C(C)(C)C1CC3)C(C)C. The van der Waals surface area contributed by atoms with Crippen molar-refractivity contribution in [2.75, 3.05) is 0 Å². The van der Waals surface area contributed by atoms with Crippen LogP contribution < -0.4 is 0 Å². The Morgan fingerprint density at radius 3 is 2.29 bits per heavy atom. The molecule has 0 aromatic rings. The lowest BCUT2D eigenvalue weighted by Gasteiger charge is -2.62. The number of carbonyl (C=O) groups excluding carboxylic acids is 1. The summed E-state index contributed by atoms with van der Waals surface area (Å²) in [6, 6.07) is 0. The summed E-state index contributed by atoms with van der Waals surface area (Å²) in [6.07, 6.45) is 12.6. The third-order valence-corrected chi connectivity index (χ3v) is 12.5. The smallest absolute Gasteiger partial charge is 0.302 e. The molecule has 0 aromatic heterocycles. The highest BCUT2D eigenvalue weighted by Crippen LogP contribution is 2.72. The first-order chi connectivity index (χ1) is 16.2. The van der Waals surface area contributed by atoms with Crippen LogP contribution in [0.2, 0.25) is 0 Å². The van der Waals surface area contributed by atoms with Crippen LogP contribution >= 0.6 is 0 Å². The van der Waals surface area contributed by atoms with E-state index in [1.807, 2.05) is 11.1 Å². The third kappa shape index (κ3) is 4.08. The molecular formula is C33H54O2. The first-order valence-electron chi connectivity index (χ1n) is 14.8. The number of carbonyl (C=O) groups is 1. The van der Waals surface area contributed by atoms with Gasteiger partial charge in [-0.05, 0) is 104 Å². The van der Waals surface area contributed by atoms with E-state index in [4.69, 9.17) is 4.74 Å². The Hall–Kier alpha value is -1.05. The molecule has 0 aliphatic heterocycles. The van der Waals surface area contributed by atoms with Crippen molar-refractivity contribution >= 4 is 5.97 Å². The van der Waals surface area contributed by atoms with Gasteiger partial charge in [0.25, 0.3) is 0 Å². The van der Waals surface area contributed by atoms with Gasteiger partial charge in [-0.25, -0.2) is 0 Å². The molecule has 0 radical (unpaired) electrons. The molecule has 2 saturated carbocycles. The molecule has 2 nitrogen and oxygen atoms in total. The Morgan fingerprint density at radius 1 is 0.971 bits per heavy atom. The van der Waals surface area contributed by atoms with E-state index in [2.05, 4.69) is 62.0 Å². The number of rotatable bonds is 6. The van der Waals surface area contributed by atoms with Crippen LogP contribution in [0.15, 0.2) is 23.3 Å². The van der Waals surface area contributed by atoms with Crippen LogP contribution in [0, 0.1) is 45.3 Å². The predicted molar refractivity (Wildman–Crippen MR) is 147 cm³/mol. The van der Waals surface area contributed by atoms with Gasteiger partial charge < -0.3 is 4.74 Å². The molecule has 2 fully saturated rings. The number of ether oxygens (including phenoxy) is 1. The number of esters is 1. The maximum Gasteiger partial charge on any atom is 0.302 e. The van der Waals surface area contributed by atoms with Crippen molar-refractivity contribution in [3.63, 3.8) is 0 Å². The second kappa shape index (κ2) is 9.05. The van der Waals surface area contributed by atoms with Crippen LogP contribution in [0.25, 0.3) is 0 Å². The molecule has 0 N–H and O–H groups in total. The highest BCUT2D eigenvalue weighted by molar-refractivity contribution is 5.66. The van der Waals surface area contributed by atoms with E-state index in [1.54, 1.807) is 6.92 Å². The molecule has 4 aliphatic carbocycles. The largest absolute Gasteiger partial charge is 0.462 e. The third-order valence-electron chi connectivity index (χ3n) is 12.5. The van der Waals surface area contributed by atoms with Gasteiger partial charge >= 0.3 is 5.97 Å². The molecule has 0 bridgehead atoms. The van der Waals surface area contributed by atoms with Crippen molar-refractivity contribution < 1.29 is 9.53 Å². The van der Waals surface area contributed by atoms with Crippen LogP contribution in [-0.4, -0.2) is 12.1 Å². The zero-order valence-corrected chi connectivity index (χ0v) is 24.5. The molecule has 198 valence electrons. The summed E-state index contributed by atoms with van der Waals surface area (Å²) < 4.78 is 5.88. The van der Waals surface area contributed by atoms with E-state index in [0.717, 1.165) is 18.3 Å². The van der Waals surface area contributed by atoms with Gasteiger partial charge in [-0.15, -0.1) is 0 Å². The summed E-state index contributed by atoms with van der Waals surface area (Å²) in [4.78, 5) is 11.8. The zero-order valence-electron chi connectivity index (χ0n) is 24.5. The molecule has 35 heavy (non-hydrogen) atoms. The molecule has 4 rings (SSSR count). The quantitative estimate of drug-likeness (QED) is 0.278. The molecule has 2 heteroatoms. The number of hydrogen-bond acceptors (Lipinski definition) is 2. The first kappa shape index (κ1) is 27.0. The summed E-state index contributed by atoms with van der Waals surface area (Å²) in [5, 5.41) is 0. The Kier molecular flexibility index (Phi) is 6.98. The predicted octanol–water partition coefficient (Wildman–Crippen LogP) is 9.30. The van der Waals surface area contributed by atoms with Gasteiger partial charge in [0.2, 0.25) is 0 Å². The van der Waals surface area contributed by atoms with Gasteiger partial charge in [0, 0.05) is 12.3 Å². The summed E-state index contributed by atoms with van der Waals surface area (Å²) in [5.74, 6) is 2.67. The number of fused-ring (bicyclic) bond motifs is 4. The van der Waals surface area contributed by atoms with Crippen molar-refractivity contribution in [3.8, 4) is 0 Å². The minimum atomic E-state index is -0.119. The fraction of sp³-hybridized carbons (Fsp3) is 0.848. The number of hydrogen-bond donors (Lipinski definition) is 0. The number of allylic oxidation sites excluding steroid dienone is 3. The van der Waals surface area contributed by atoms with Gasteiger partial charge in [0.15, 0.2) is 0 Å². The van der Waals surface area contributed by atoms with E-state index in [0.29, 0.717) is 22.7 Å². The van der Waals surface area contributed by atoms with Crippen LogP contribution in [0.3, 0.4) is 0 Å². The highest BCUT2D eigenvalue weighted by Gasteiger charge is 2.63. The van der Waals surface area contributed by atoms with Gasteiger partial charge in [-0.2, -0.15) is 0 Å². The summed E-state index contributed by atoms with van der Waals surface area (Å²) in [5.41, 5.74) is 6.16. The topological polar surface area (TPSA) is 26.3 Å². The Morgan fingerprint density at radius 2 is 1.66 bits per heavy atom. The van der Waals surface area contributed by atoms with E-state index in [9.17, 15) is 4.79 Å². The van der Waals surface area contributed by atoms with Gasteiger partial charge in [0.05, 0.1) is 0 Å². The molecule has 7 atom stereocenters. The van der Waals surface area contributed by atoms with Gasteiger partial charge in [0.1, 0.15) is 6.10 Å². The van der Waals surface area contributed by atoms with Crippen molar-refractivity contribution in [1.29, 1.82) is 0 Å². The second-order valence-corrected chi connectivity index (χ2v) is 14.6. The Balaban J connectivity index is 1.61. The molecule has 0 aromatic carbocycles. The van der Waals surface area contributed by atoms with Crippen molar-refractivity contribution in [3.05, 3.63) is 23.3 Å². The van der Waals surface area contributed by atoms with Crippen LogP contribution in [-0.2, 0) is 9.53 Å². The maximum atomic E-state index is 11.8. The van der Waals surface area contributed by atoms with Crippen molar-refractivity contribution in [2.24, 2.45) is 45.3 Å².